The van der Waals surface area contributed by atoms with Gasteiger partial charge in [-0.15, -0.1) is 0 Å². The van der Waals surface area contributed by atoms with Crippen molar-refractivity contribution >= 4 is 11.8 Å². The van der Waals surface area contributed by atoms with Crippen LogP contribution in [0.25, 0.3) is 0 Å². The highest BCUT2D eigenvalue weighted by molar-refractivity contribution is 5.87. The first-order valence-corrected chi connectivity index (χ1v) is 10.8. The van der Waals surface area contributed by atoms with Crippen LogP contribution < -0.4 is 10.1 Å². The van der Waals surface area contributed by atoms with Gasteiger partial charge >= 0.3 is 0 Å². The van der Waals surface area contributed by atoms with Crippen LogP contribution in [0.3, 0.4) is 0 Å². The van der Waals surface area contributed by atoms with E-state index >= 15 is 0 Å². The van der Waals surface area contributed by atoms with E-state index in [1.54, 1.807) is 12.0 Å². The molecule has 0 bridgehead atoms. The van der Waals surface area contributed by atoms with Gasteiger partial charge in [0.2, 0.25) is 11.8 Å². The van der Waals surface area contributed by atoms with Crippen molar-refractivity contribution in [3.05, 3.63) is 102 Å². The SMILES string of the molecule is COc1ccc(CCNC(=O)C(Cc2ccccc2)N(Cc2ccccc2)C(C)=O)cc1. The molecule has 166 valence electrons. The molecule has 2 amide bonds. The molecule has 0 spiro atoms. The Kier molecular flexibility index (Phi) is 8.44. The minimum atomic E-state index is -0.592. The number of rotatable bonds is 10. The van der Waals surface area contributed by atoms with Crippen molar-refractivity contribution in [2.24, 2.45) is 0 Å². The van der Waals surface area contributed by atoms with Crippen LogP contribution in [0.2, 0.25) is 0 Å². The van der Waals surface area contributed by atoms with E-state index in [1.165, 1.54) is 6.92 Å². The second kappa shape index (κ2) is 11.7. The number of ether oxygens (including phenoxy) is 1. The van der Waals surface area contributed by atoms with Crippen molar-refractivity contribution in [2.45, 2.75) is 32.4 Å². The molecule has 3 aromatic rings. The van der Waals surface area contributed by atoms with E-state index in [1.807, 2.05) is 84.9 Å². The molecule has 5 heteroatoms. The second-order valence-electron chi connectivity index (χ2n) is 7.73. The Hall–Kier alpha value is -3.60. The Morgan fingerprint density at radius 1 is 0.844 bits per heavy atom. The Morgan fingerprint density at radius 2 is 1.44 bits per heavy atom. The zero-order valence-corrected chi connectivity index (χ0v) is 18.7. The summed E-state index contributed by atoms with van der Waals surface area (Å²) in [5, 5.41) is 3.04. The van der Waals surface area contributed by atoms with Crippen LogP contribution in [-0.2, 0) is 29.0 Å². The van der Waals surface area contributed by atoms with Gasteiger partial charge in [-0.1, -0.05) is 72.8 Å². The van der Waals surface area contributed by atoms with Crippen molar-refractivity contribution < 1.29 is 14.3 Å². The Morgan fingerprint density at radius 3 is 2.00 bits per heavy atom. The first-order chi connectivity index (χ1) is 15.6. The minimum absolute atomic E-state index is 0.125. The van der Waals surface area contributed by atoms with Gasteiger partial charge in [-0.3, -0.25) is 9.59 Å². The fraction of sp³-hybridized carbons (Fsp3) is 0.259. The molecule has 0 aliphatic carbocycles. The van der Waals surface area contributed by atoms with E-state index in [-0.39, 0.29) is 11.8 Å². The summed E-state index contributed by atoms with van der Waals surface area (Å²) in [6.07, 6.45) is 1.16. The molecule has 0 fully saturated rings. The molecule has 0 heterocycles. The highest BCUT2D eigenvalue weighted by Crippen LogP contribution is 2.15. The fourth-order valence-corrected chi connectivity index (χ4v) is 3.64. The molecular formula is C27H30N2O3. The molecule has 0 aliphatic heterocycles. The van der Waals surface area contributed by atoms with Crippen LogP contribution >= 0.6 is 0 Å². The van der Waals surface area contributed by atoms with E-state index in [0.29, 0.717) is 25.9 Å². The summed E-state index contributed by atoms with van der Waals surface area (Å²) >= 11 is 0. The number of carbonyl (C=O) groups is 2. The molecular weight excluding hydrogens is 400 g/mol. The fourth-order valence-electron chi connectivity index (χ4n) is 3.64. The number of hydrogen-bond acceptors (Lipinski definition) is 3. The average Bonchev–Trinajstić information content (AvgIpc) is 2.83. The maximum absolute atomic E-state index is 13.2. The van der Waals surface area contributed by atoms with Crippen molar-refractivity contribution in [1.29, 1.82) is 0 Å². The van der Waals surface area contributed by atoms with Gasteiger partial charge in [0, 0.05) is 26.4 Å². The predicted molar refractivity (Wildman–Crippen MR) is 126 cm³/mol. The number of amides is 2. The molecule has 0 saturated carbocycles. The zero-order chi connectivity index (χ0) is 22.8. The van der Waals surface area contributed by atoms with Crippen LogP contribution in [-0.4, -0.2) is 36.4 Å². The van der Waals surface area contributed by atoms with E-state index in [9.17, 15) is 9.59 Å². The molecule has 0 aliphatic rings. The number of nitrogens with zero attached hydrogens (tertiary/aromatic N) is 1. The van der Waals surface area contributed by atoms with Crippen LogP contribution in [0, 0.1) is 0 Å². The lowest BCUT2D eigenvalue weighted by molar-refractivity contribution is -0.139. The number of nitrogens with one attached hydrogen (secondary N) is 1. The van der Waals surface area contributed by atoms with Gasteiger partial charge in [0.1, 0.15) is 11.8 Å². The number of carbonyl (C=O) groups excluding carboxylic acids is 2. The normalized spacial score (nSPS) is 11.4. The van der Waals surface area contributed by atoms with Crippen molar-refractivity contribution in [3.63, 3.8) is 0 Å². The minimum Gasteiger partial charge on any atom is -0.497 e. The summed E-state index contributed by atoms with van der Waals surface area (Å²) in [6.45, 7) is 2.40. The summed E-state index contributed by atoms with van der Waals surface area (Å²) in [5.41, 5.74) is 3.12. The molecule has 0 aromatic heterocycles. The summed E-state index contributed by atoms with van der Waals surface area (Å²) in [6, 6.07) is 26.8. The third-order valence-corrected chi connectivity index (χ3v) is 5.42. The lowest BCUT2D eigenvalue weighted by atomic mass is 10.0. The van der Waals surface area contributed by atoms with Crippen molar-refractivity contribution in [1.82, 2.24) is 10.2 Å². The number of benzene rings is 3. The van der Waals surface area contributed by atoms with E-state index in [2.05, 4.69) is 5.32 Å². The maximum Gasteiger partial charge on any atom is 0.243 e. The number of hydrogen-bond donors (Lipinski definition) is 1. The van der Waals surface area contributed by atoms with Crippen molar-refractivity contribution in [2.75, 3.05) is 13.7 Å². The summed E-state index contributed by atoms with van der Waals surface area (Å²) < 4.78 is 5.19. The molecule has 0 radical (unpaired) electrons. The summed E-state index contributed by atoms with van der Waals surface area (Å²) in [4.78, 5) is 27.5. The monoisotopic (exact) mass is 430 g/mol. The smallest absolute Gasteiger partial charge is 0.243 e. The number of methoxy groups -OCH3 is 1. The van der Waals surface area contributed by atoms with E-state index < -0.39 is 6.04 Å². The standard InChI is InChI=1S/C27H30N2O3/c1-21(30)29(20-24-11-7-4-8-12-24)26(19-23-9-5-3-6-10-23)27(31)28-18-17-22-13-15-25(32-2)16-14-22/h3-16,26H,17-20H2,1-2H3,(H,28,31). The first-order valence-electron chi connectivity index (χ1n) is 10.8. The van der Waals surface area contributed by atoms with Crippen LogP contribution in [0.1, 0.15) is 23.6 Å². The quantitative estimate of drug-likeness (QED) is 0.529. The van der Waals surface area contributed by atoms with E-state index in [4.69, 9.17) is 4.74 Å². The zero-order valence-electron chi connectivity index (χ0n) is 18.7. The van der Waals surface area contributed by atoms with Gasteiger partial charge in [0.25, 0.3) is 0 Å². The Bertz CT molecular complexity index is 988. The van der Waals surface area contributed by atoms with Gasteiger partial charge in [-0.05, 0) is 35.2 Å². The van der Waals surface area contributed by atoms with Crippen LogP contribution in [0.15, 0.2) is 84.9 Å². The highest BCUT2D eigenvalue weighted by atomic mass is 16.5. The average molecular weight is 431 g/mol. The maximum atomic E-state index is 13.2. The Balaban J connectivity index is 1.72. The predicted octanol–water partition coefficient (Wildman–Crippen LogP) is 4.01. The van der Waals surface area contributed by atoms with Gasteiger partial charge in [-0.25, -0.2) is 0 Å². The molecule has 3 aromatic carbocycles. The van der Waals surface area contributed by atoms with Crippen molar-refractivity contribution in [3.8, 4) is 5.75 Å². The molecule has 5 nitrogen and oxygen atoms in total. The third-order valence-electron chi connectivity index (χ3n) is 5.42. The highest BCUT2D eigenvalue weighted by Gasteiger charge is 2.28. The van der Waals surface area contributed by atoms with Crippen LogP contribution in [0.4, 0.5) is 0 Å². The molecule has 1 N–H and O–H groups in total. The molecule has 3 rings (SSSR count). The first kappa shape index (κ1) is 23.1. The Labute approximate surface area is 190 Å². The lowest BCUT2D eigenvalue weighted by Gasteiger charge is -2.30. The van der Waals surface area contributed by atoms with Crippen LogP contribution in [0.5, 0.6) is 5.75 Å². The lowest BCUT2D eigenvalue weighted by Crippen LogP contribution is -2.50. The molecule has 0 saturated heterocycles. The summed E-state index contributed by atoms with van der Waals surface area (Å²) in [7, 11) is 1.64. The van der Waals surface area contributed by atoms with Gasteiger partial charge in [0.15, 0.2) is 0 Å². The largest absolute Gasteiger partial charge is 0.497 e. The van der Waals surface area contributed by atoms with Gasteiger partial charge in [-0.2, -0.15) is 0 Å². The topological polar surface area (TPSA) is 58.6 Å². The second-order valence-corrected chi connectivity index (χ2v) is 7.73. The molecule has 1 atom stereocenters. The third kappa shape index (κ3) is 6.71. The van der Waals surface area contributed by atoms with Gasteiger partial charge in [0.05, 0.1) is 7.11 Å². The van der Waals surface area contributed by atoms with E-state index in [0.717, 1.165) is 22.4 Å². The molecule has 32 heavy (non-hydrogen) atoms. The molecule has 1 unspecified atom stereocenters. The van der Waals surface area contributed by atoms with Gasteiger partial charge < -0.3 is 15.0 Å². The summed E-state index contributed by atoms with van der Waals surface area (Å²) in [5.74, 6) is 0.535.